The van der Waals surface area contributed by atoms with E-state index in [1.807, 2.05) is 48.0 Å². The third-order valence-electron chi connectivity index (χ3n) is 3.37. The van der Waals surface area contributed by atoms with E-state index in [0.717, 1.165) is 30.2 Å². The van der Waals surface area contributed by atoms with Gasteiger partial charge in [0.25, 0.3) is 0 Å². The van der Waals surface area contributed by atoms with E-state index < -0.39 is 0 Å². The largest absolute Gasteiger partial charge is 0.334 e. The summed E-state index contributed by atoms with van der Waals surface area (Å²) in [5.41, 5.74) is 8.97. The smallest absolute Gasteiger partial charge is 0.246 e. The molecule has 0 saturated carbocycles. The highest BCUT2D eigenvalue weighted by molar-refractivity contribution is 5.45. The van der Waals surface area contributed by atoms with Crippen LogP contribution in [0.15, 0.2) is 48.7 Å². The Morgan fingerprint density at radius 3 is 2.71 bits per heavy atom. The lowest BCUT2D eigenvalue weighted by Gasteiger charge is -2.20. The van der Waals surface area contributed by atoms with E-state index in [1.54, 1.807) is 0 Å². The fraction of sp³-hybridized carbons (Fsp3) is 0.250. The second kappa shape index (κ2) is 5.93. The number of nitrogens with zero attached hydrogens (tertiary/aromatic N) is 4. The van der Waals surface area contributed by atoms with Crippen molar-refractivity contribution < 1.29 is 0 Å². The van der Waals surface area contributed by atoms with Gasteiger partial charge < -0.3 is 10.6 Å². The third kappa shape index (κ3) is 3.03. The molecular formula is C16H19N5. The molecule has 21 heavy (non-hydrogen) atoms. The molecule has 3 rings (SSSR count). The number of nitrogens with two attached hydrogens (primary N) is 1. The molecule has 108 valence electrons. The summed E-state index contributed by atoms with van der Waals surface area (Å²) in [6.07, 6.45) is 1.98. The summed E-state index contributed by atoms with van der Waals surface area (Å²) in [5, 5.41) is 4.56. The molecular weight excluding hydrogens is 262 g/mol. The molecule has 0 bridgehead atoms. The van der Waals surface area contributed by atoms with E-state index in [0.29, 0.717) is 6.54 Å². The average molecular weight is 281 g/mol. The molecule has 2 heterocycles. The molecule has 0 spiro atoms. The number of hydrogen-bond acceptors (Lipinski definition) is 4. The van der Waals surface area contributed by atoms with Crippen molar-refractivity contribution in [2.24, 2.45) is 5.73 Å². The molecule has 0 fully saturated rings. The first kappa shape index (κ1) is 13.6. The molecule has 0 radical (unpaired) electrons. The van der Waals surface area contributed by atoms with Crippen molar-refractivity contribution in [1.29, 1.82) is 0 Å². The van der Waals surface area contributed by atoms with E-state index >= 15 is 0 Å². The van der Waals surface area contributed by atoms with Crippen LogP contribution in [-0.4, -0.2) is 27.7 Å². The van der Waals surface area contributed by atoms with Crippen LogP contribution in [0.3, 0.4) is 0 Å². The first-order chi connectivity index (χ1) is 10.3. The molecule has 5 heteroatoms. The molecule has 0 aliphatic heterocycles. The number of hydrogen-bond donors (Lipinski definition) is 1. The highest BCUT2D eigenvalue weighted by Crippen LogP contribution is 2.14. The second-order valence-corrected chi connectivity index (χ2v) is 5.12. The van der Waals surface area contributed by atoms with E-state index in [1.165, 1.54) is 5.56 Å². The van der Waals surface area contributed by atoms with Crippen molar-refractivity contribution in [2.75, 3.05) is 18.0 Å². The predicted molar refractivity (Wildman–Crippen MR) is 84.3 cm³/mol. The van der Waals surface area contributed by atoms with Gasteiger partial charge in [-0.2, -0.15) is 4.98 Å². The Bertz CT molecular complexity index is 720. The van der Waals surface area contributed by atoms with Crippen LogP contribution in [0.1, 0.15) is 11.1 Å². The van der Waals surface area contributed by atoms with Crippen LogP contribution in [-0.2, 0) is 6.54 Å². The van der Waals surface area contributed by atoms with Crippen molar-refractivity contribution in [3.8, 4) is 0 Å². The third-order valence-corrected chi connectivity index (χ3v) is 3.37. The Labute approximate surface area is 124 Å². The van der Waals surface area contributed by atoms with Crippen LogP contribution in [0.2, 0.25) is 0 Å². The van der Waals surface area contributed by atoms with Gasteiger partial charge >= 0.3 is 0 Å². The monoisotopic (exact) mass is 281 g/mol. The molecule has 2 aromatic heterocycles. The summed E-state index contributed by atoms with van der Waals surface area (Å²) < 4.78 is 1.82. The van der Waals surface area contributed by atoms with Gasteiger partial charge in [-0.1, -0.05) is 36.4 Å². The van der Waals surface area contributed by atoms with Gasteiger partial charge in [-0.05, 0) is 24.1 Å². The number of anilines is 1. The maximum absolute atomic E-state index is 5.73. The van der Waals surface area contributed by atoms with Gasteiger partial charge in [-0.3, -0.25) is 0 Å². The topological polar surface area (TPSA) is 59.5 Å². The van der Waals surface area contributed by atoms with Crippen LogP contribution in [0.4, 0.5) is 5.95 Å². The Morgan fingerprint density at radius 2 is 1.95 bits per heavy atom. The number of benzene rings is 1. The minimum atomic E-state index is 0.571. The fourth-order valence-corrected chi connectivity index (χ4v) is 2.32. The zero-order valence-corrected chi connectivity index (χ0v) is 12.1. The first-order valence-electron chi connectivity index (χ1n) is 7.08. The Hall–Kier alpha value is -2.40. The first-order valence-corrected chi connectivity index (χ1v) is 7.08. The standard InChI is InChI=1S/C16H19N5/c1-13-7-8-15-18-16(19-21(15)11-13)20(10-9-17)12-14-5-3-2-4-6-14/h2-8,11H,9-10,12,17H2,1H3. The van der Waals surface area contributed by atoms with Crippen molar-refractivity contribution in [3.63, 3.8) is 0 Å². The van der Waals surface area contributed by atoms with Crippen molar-refractivity contribution in [1.82, 2.24) is 14.6 Å². The van der Waals surface area contributed by atoms with E-state index in [9.17, 15) is 0 Å². The van der Waals surface area contributed by atoms with Crippen molar-refractivity contribution >= 4 is 11.6 Å². The number of aryl methyl sites for hydroxylation is 1. The minimum absolute atomic E-state index is 0.571. The summed E-state index contributed by atoms with van der Waals surface area (Å²) >= 11 is 0. The summed E-state index contributed by atoms with van der Waals surface area (Å²) in [6.45, 7) is 4.10. The lowest BCUT2D eigenvalue weighted by Crippen LogP contribution is -2.29. The zero-order chi connectivity index (χ0) is 14.7. The van der Waals surface area contributed by atoms with Crippen LogP contribution in [0.5, 0.6) is 0 Å². The molecule has 1 aromatic carbocycles. The number of fused-ring (bicyclic) bond motifs is 1. The molecule has 0 unspecified atom stereocenters. The predicted octanol–water partition coefficient (Wildman–Crippen LogP) is 2.00. The van der Waals surface area contributed by atoms with Gasteiger partial charge in [0.2, 0.25) is 5.95 Å². The molecule has 0 aliphatic carbocycles. The molecule has 0 aliphatic rings. The molecule has 0 saturated heterocycles. The quantitative estimate of drug-likeness (QED) is 0.777. The SMILES string of the molecule is Cc1ccc2nc(N(CCN)Cc3ccccc3)nn2c1. The normalized spacial score (nSPS) is 11.0. The lowest BCUT2D eigenvalue weighted by atomic mass is 10.2. The van der Waals surface area contributed by atoms with Gasteiger partial charge in [0.15, 0.2) is 5.65 Å². The maximum Gasteiger partial charge on any atom is 0.246 e. The van der Waals surface area contributed by atoms with Gasteiger partial charge in [0.05, 0.1) is 0 Å². The Morgan fingerprint density at radius 1 is 1.14 bits per heavy atom. The summed E-state index contributed by atoms with van der Waals surface area (Å²) in [7, 11) is 0. The number of aromatic nitrogens is 3. The summed E-state index contributed by atoms with van der Waals surface area (Å²) in [4.78, 5) is 6.70. The molecule has 3 aromatic rings. The van der Waals surface area contributed by atoms with Crippen LogP contribution in [0, 0.1) is 6.92 Å². The van der Waals surface area contributed by atoms with E-state index in [2.05, 4.69) is 27.1 Å². The molecule has 5 nitrogen and oxygen atoms in total. The summed E-state index contributed by atoms with van der Waals surface area (Å²) in [6, 6.07) is 14.3. The zero-order valence-electron chi connectivity index (χ0n) is 12.1. The van der Waals surface area contributed by atoms with Crippen molar-refractivity contribution in [3.05, 3.63) is 59.8 Å². The number of pyridine rings is 1. The Balaban J connectivity index is 1.91. The van der Waals surface area contributed by atoms with Gasteiger partial charge in [0.1, 0.15) is 0 Å². The highest BCUT2D eigenvalue weighted by Gasteiger charge is 2.12. The average Bonchev–Trinajstić information content (AvgIpc) is 2.91. The van der Waals surface area contributed by atoms with Crippen LogP contribution < -0.4 is 10.6 Å². The Kier molecular flexibility index (Phi) is 3.83. The van der Waals surface area contributed by atoms with Gasteiger partial charge in [-0.25, -0.2) is 4.52 Å². The van der Waals surface area contributed by atoms with Crippen LogP contribution >= 0.6 is 0 Å². The minimum Gasteiger partial charge on any atom is -0.334 e. The second-order valence-electron chi connectivity index (χ2n) is 5.12. The van der Waals surface area contributed by atoms with Crippen LogP contribution in [0.25, 0.3) is 5.65 Å². The van der Waals surface area contributed by atoms with Crippen molar-refractivity contribution in [2.45, 2.75) is 13.5 Å². The van der Waals surface area contributed by atoms with E-state index in [4.69, 9.17) is 5.73 Å². The van der Waals surface area contributed by atoms with Gasteiger partial charge in [0, 0.05) is 25.8 Å². The molecule has 0 atom stereocenters. The van der Waals surface area contributed by atoms with E-state index in [-0.39, 0.29) is 0 Å². The maximum atomic E-state index is 5.73. The highest BCUT2D eigenvalue weighted by atomic mass is 15.4. The molecule has 2 N–H and O–H groups in total. The number of rotatable bonds is 5. The molecule has 0 amide bonds. The fourth-order valence-electron chi connectivity index (χ4n) is 2.32. The lowest BCUT2D eigenvalue weighted by molar-refractivity contribution is 0.755. The van der Waals surface area contributed by atoms with Gasteiger partial charge in [-0.15, -0.1) is 5.10 Å². The summed E-state index contributed by atoms with van der Waals surface area (Å²) in [5.74, 6) is 0.718.